The minimum atomic E-state index is -0.603. The summed E-state index contributed by atoms with van der Waals surface area (Å²) in [6, 6.07) is 10.9. The van der Waals surface area contributed by atoms with Crippen molar-refractivity contribution in [1.29, 1.82) is 0 Å². The molecule has 0 aliphatic carbocycles. The highest BCUT2D eigenvalue weighted by Crippen LogP contribution is 2.20. The maximum Gasteiger partial charge on any atom is 0.0743 e. The smallest absolute Gasteiger partial charge is 0.0743 e. The zero-order valence-corrected chi connectivity index (χ0v) is 12.7. The van der Waals surface area contributed by atoms with Gasteiger partial charge in [0, 0.05) is 12.6 Å². The Labute approximate surface area is 118 Å². The van der Waals surface area contributed by atoms with Crippen molar-refractivity contribution >= 4 is 0 Å². The quantitative estimate of drug-likeness (QED) is 0.704. The van der Waals surface area contributed by atoms with Crippen LogP contribution in [-0.4, -0.2) is 17.3 Å². The molecule has 0 aliphatic rings. The second-order valence-corrected chi connectivity index (χ2v) is 5.73. The molecule has 2 unspecified atom stereocenters. The average molecular weight is 263 g/mol. The summed E-state index contributed by atoms with van der Waals surface area (Å²) in [6.07, 6.45) is 5.40. The minimum absolute atomic E-state index is 0.351. The molecule has 0 radical (unpaired) electrons. The fourth-order valence-electron chi connectivity index (χ4n) is 2.45. The van der Waals surface area contributed by atoms with Gasteiger partial charge in [-0.3, -0.25) is 0 Å². The predicted octanol–water partition coefficient (Wildman–Crippen LogP) is 4.06. The Morgan fingerprint density at radius 1 is 1.16 bits per heavy atom. The standard InChI is InChI=1S/C17H29NO/c1-4-6-12-16(15-10-8-7-9-11-15)18-14-17(3,19)13-5-2/h7-11,16,18-19H,4-6,12-14H2,1-3H3. The molecule has 2 heteroatoms. The summed E-state index contributed by atoms with van der Waals surface area (Å²) in [7, 11) is 0. The van der Waals surface area contributed by atoms with E-state index < -0.39 is 5.60 Å². The molecule has 1 aromatic carbocycles. The van der Waals surface area contributed by atoms with Crippen molar-refractivity contribution in [1.82, 2.24) is 5.32 Å². The third kappa shape index (κ3) is 6.22. The van der Waals surface area contributed by atoms with Crippen molar-refractivity contribution in [3.05, 3.63) is 35.9 Å². The SMILES string of the molecule is CCCCC(NCC(C)(O)CCC)c1ccccc1. The Kier molecular flexibility index (Phi) is 7.11. The number of benzene rings is 1. The van der Waals surface area contributed by atoms with E-state index in [0.29, 0.717) is 12.6 Å². The van der Waals surface area contributed by atoms with Crippen molar-refractivity contribution in [2.45, 2.75) is 64.5 Å². The molecule has 0 aromatic heterocycles. The van der Waals surface area contributed by atoms with Crippen LogP contribution in [0.4, 0.5) is 0 Å². The van der Waals surface area contributed by atoms with Crippen LogP contribution in [0, 0.1) is 0 Å². The molecule has 19 heavy (non-hydrogen) atoms. The lowest BCUT2D eigenvalue weighted by Gasteiger charge is -2.27. The van der Waals surface area contributed by atoms with Crippen molar-refractivity contribution < 1.29 is 5.11 Å². The molecule has 0 saturated carbocycles. The van der Waals surface area contributed by atoms with Gasteiger partial charge in [0.25, 0.3) is 0 Å². The van der Waals surface area contributed by atoms with Crippen molar-refractivity contribution in [2.24, 2.45) is 0 Å². The van der Waals surface area contributed by atoms with Crippen LogP contribution < -0.4 is 5.32 Å². The lowest BCUT2D eigenvalue weighted by atomic mass is 9.97. The second-order valence-electron chi connectivity index (χ2n) is 5.73. The molecule has 0 amide bonds. The van der Waals surface area contributed by atoms with Gasteiger partial charge in [0.1, 0.15) is 0 Å². The summed E-state index contributed by atoms with van der Waals surface area (Å²) < 4.78 is 0. The lowest BCUT2D eigenvalue weighted by molar-refractivity contribution is 0.0467. The Balaban J connectivity index is 2.60. The first kappa shape index (κ1) is 16.2. The maximum absolute atomic E-state index is 10.3. The molecule has 0 heterocycles. The molecule has 1 rings (SSSR count). The van der Waals surface area contributed by atoms with Gasteiger partial charge in [-0.1, -0.05) is 63.4 Å². The van der Waals surface area contributed by atoms with Crippen molar-refractivity contribution in [2.75, 3.05) is 6.54 Å². The number of aliphatic hydroxyl groups is 1. The maximum atomic E-state index is 10.3. The number of hydrogen-bond acceptors (Lipinski definition) is 2. The number of nitrogens with one attached hydrogen (secondary N) is 1. The molecule has 2 N–H and O–H groups in total. The first-order valence-corrected chi connectivity index (χ1v) is 7.59. The van der Waals surface area contributed by atoms with E-state index >= 15 is 0 Å². The van der Waals surface area contributed by atoms with E-state index in [1.165, 1.54) is 18.4 Å². The molecule has 108 valence electrons. The summed E-state index contributed by atoms with van der Waals surface area (Å²) in [6.45, 7) is 6.91. The zero-order chi connectivity index (χ0) is 14.1. The van der Waals surface area contributed by atoms with E-state index in [2.05, 4.69) is 43.4 Å². The Morgan fingerprint density at radius 3 is 2.42 bits per heavy atom. The fourth-order valence-corrected chi connectivity index (χ4v) is 2.45. The van der Waals surface area contributed by atoms with Crippen LogP contribution >= 0.6 is 0 Å². The molecule has 0 fully saturated rings. The van der Waals surface area contributed by atoms with Gasteiger partial charge in [0.15, 0.2) is 0 Å². The topological polar surface area (TPSA) is 32.3 Å². The first-order valence-electron chi connectivity index (χ1n) is 7.59. The van der Waals surface area contributed by atoms with Gasteiger partial charge in [-0.25, -0.2) is 0 Å². The van der Waals surface area contributed by atoms with Crippen molar-refractivity contribution in [3.63, 3.8) is 0 Å². The highest BCUT2D eigenvalue weighted by atomic mass is 16.3. The molecule has 0 aliphatic heterocycles. The predicted molar refractivity (Wildman–Crippen MR) is 82.2 cm³/mol. The van der Waals surface area contributed by atoms with Gasteiger partial charge in [-0.2, -0.15) is 0 Å². The molecule has 0 spiro atoms. The monoisotopic (exact) mass is 263 g/mol. The lowest BCUT2D eigenvalue weighted by Crippen LogP contribution is -2.39. The first-order chi connectivity index (χ1) is 9.09. The van der Waals surface area contributed by atoms with Gasteiger partial charge in [-0.05, 0) is 25.3 Å². The van der Waals surface area contributed by atoms with Crippen LogP contribution in [0.1, 0.15) is 64.5 Å². The molecule has 2 nitrogen and oxygen atoms in total. The summed E-state index contributed by atoms with van der Waals surface area (Å²) >= 11 is 0. The van der Waals surface area contributed by atoms with Crippen LogP contribution in [0.15, 0.2) is 30.3 Å². The van der Waals surface area contributed by atoms with E-state index in [1.54, 1.807) is 0 Å². The van der Waals surface area contributed by atoms with Crippen LogP contribution in [0.2, 0.25) is 0 Å². The van der Waals surface area contributed by atoms with Crippen LogP contribution in [-0.2, 0) is 0 Å². The van der Waals surface area contributed by atoms with Gasteiger partial charge in [0.05, 0.1) is 5.60 Å². The van der Waals surface area contributed by atoms with Gasteiger partial charge in [0.2, 0.25) is 0 Å². The third-order valence-corrected chi connectivity index (χ3v) is 3.57. The summed E-state index contributed by atoms with van der Waals surface area (Å²) in [4.78, 5) is 0. The Morgan fingerprint density at radius 2 is 1.84 bits per heavy atom. The minimum Gasteiger partial charge on any atom is -0.389 e. The van der Waals surface area contributed by atoms with E-state index in [1.807, 2.05) is 13.0 Å². The largest absolute Gasteiger partial charge is 0.389 e. The van der Waals surface area contributed by atoms with Crippen LogP contribution in [0.3, 0.4) is 0 Å². The normalized spacial score (nSPS) is 16.0. The third-order valence-electron chi connectivity index (χ3n) is 3.57. The number of hydrogen-bond donors (Lipinski definition) is 2. The summed E-state index contributed by atoms with van der Waals surface area (Å²) in [5.41, 5.74) is 0.719. The molecular formula is C17H29NO. The fraction of sp³-hybridized carbons (Fsp3) is 0.647. The Hall–Kier alpha value is -0.860. The number of rotatable bonds is 9. The van der Waals surface area contributed by atoms with Gasteiger partial charge < -0.3 is 10.4 Å². The molecular weight excluding hydrogens is 234 g/mol. The van der Waals surface area contributed by atoms with Crippen molar-refractivity contribution in [3.8, 4) is 0 Å². The molecule has 0 bridgehead atoms. The zero-order valence-electron chi connectivity index (χ0n) is 12.7. The highest BCUT2D eigenvalue weighted by molar-refractivity contribution is 5.18. The van der Waals surface area contributed by atoms with E-state index in [-0.39, 0.29) is 0 Å². The molecule has 2 atom stereocenters. The van der Waals surface area contributed by atoms with Gasteiger partial charge >= 0.3 is 0 Å². The number of unbranched alkanes of at least 4 members (excludes halogenated alkanes) is 1. The van der Waals surface area contributed by atoms with Crippen LogP contribution in [0.25, 0.3) is 0 Å². The summed E-state index contributed by atoms with van der Waals surface area (Å²) in [5.74, 6) is 0. The van der Waals surface area contributed by atoms with E-state index in [9.17, 15) is 5.11 Å². The van der Waals surface area contributed by atoms with Gasteiger partial charge in [-0.15, -0.1) is 0 Å². The highest BCUT2D eigenvalue weighted by Gasteiger charge is 2.21. The summed E-state index contributed by atoms with van der Waals surface area (Å²) in [5, 5.41) is 13.8. The van der Waals surface area contributed by atoms with Crippen LogP contribution in [0.5, 0.6) is 0 Å². The average Bonchev–Trinajstić information content (AvgIpc) is 2.40. The van der Waals surface area contributed by atoms with E-state index in [4.69, 9.17) is 0 Å². The molecule has 1 aromatic rings. The van der Waals surface area contributed by atoms with E-state index in [0.717, 1.165) is 19.3 Å². The molecule has 0 saturated heterocycles. The Bertz CT molecular complexity index is 334. The second kappa shape index (κ2) is 8.34.